The van der Waals surface area contributed by atoms with E-state index in [0.29, 0.717) is 23.4 Å². The fourth-order valence-electron chi connectivity index (χ4n) is 2.04. The minimum absolute atomic E-state index is 0.00581. The van der Waals surface area contributed by atoms with E-state index >= 15 is 0 Å². The average Bonchev–Trinajstić information content (AvgIpc) is 2.76. The Hall–Kier alpha value is -1.33. The van der Waals surface area contributed by atoms with E-state index in [1.807, 2.05) is 6.92 Å². The number of nitrogens with zero attached hydrogens (tertiary/aromatic N) is 3. The lowest BCUT2D eigenvalue weighted by molar-refractivity contribution is -0.130. The van der Waals surface area contributed by atoms with E-state index < -0.39 is 11.2 Å². The fourth-order valence-corrected chi connectivity index (χ4v) is 2.37. The van der Waals surface area contributed by atoms with E-state index in [1.165, 1.54) is 12.1 Å². The van der Waals surface area contributed by atoms with Gasteiger partial charge in [-0.3, -0.25) is 4.79 Å². The van der Waals surface area contributed by atoms with Crippen molar-refractivity contribution in [3.05, 3.63) is 28.8 Å². The molecule has 0 bridgehead atoms. The fraction of sp³-hybridized carbons (Fsp3) is 0.429. The molecule has 114 valence electrons. The number of alkyl halides is 1. The molecule has 0 aliphatic heterocycles. The Kier molecular flexibility index (Phi) is 4.74. The second-order valence-electron chi connectivity index (χ2n) is 4.84. The van der Waals surface area contributed by atoms with Crippen LogP contribution in [0.25, 0.3) is 11.0 Å². The van der Waals surface area contributed by atoms with E-state index in [4.69, 9.17) is 23.2 Å². The summed E-state index contributed by atoms with van der Waals surface area (Å²) in [6.45, 7) is 4.34. The maximum Gasteiger partial charge on any atom is 0.242 e. The largest absolute Gasteiger partial charge is 0.344 e. The van der Waals surface area contributed by atoms with E-state index in [0.717, 1.165) is 0 Å². The zero-order valence-electron chi connectivity index (χ0n) is 12.0. The van der Waals surface area contributed by atoms with Gasteiger partial charge in [-0.1, -0.05) is 11.6 Å². The van der Waals surface area contributed by atoms with Crippen LogP contribution in [0.3, 0.4) is 0 Å². The van der Waals surface area contributed by atoms with Crippen LogP contribution in [0.1, 0.15) is 25.0 Å². The summed E-state index contributed by atoms with van der Waals surface area (Å²) >= 11 is 12.0. The SMILES string of the molecule is CCN(C)C(=O)Cn1c(C(C)Cl)nc2cc(F)c(Cl)cc21. The highest BCUT2D eigenvalue weighted by Gasteiger charge is 2.19. The molecule has 0 N–H and O–H groups in total. The molecule has 0 radical (unpaired) electrons. The van der Waals surface area contributed by atoms with Gasteiger partial charge in [0.25, 0.3) is 0 Å². The van der Waals surface area contributed by atoms with E-state index in [1.54, 1.807) is 23.4 Å². The van der Waals surface area contributed by atoms with Gasteiger partial charge in [-0.2, -0.15) is 0 Å². The number of hydrogen-bond donors (Lipinski definition) is 0. The number of benzene rings is 1. The molecule has 2 rings (SSSR count). The van der Waals surface area contributed by atoms with Gasteiger partial charge in [-0.15, -0.1) is 11.6 Å². The number of aromatic nitrogens is 2. The highest BCUT2D eigenvalue weighted by Crippen LogP contribution is 2.28. The Morgan fingerprint density at radius 1 is 1.52 bits per heavy atom. The highest BCUT2D eigenvalue weighted by molar-refractivity contribution is 6.31. The molecule has 0 saturated carbocycles. The van der Waals surface area contributed by atoms with Crippen LogP contribution >= 0.6 is 23.2 Å². The van der Waals surface area contributed by atoms with E-state index in [2.05, 4.69) is 4.98 Å². The molecule has 0 aliphatic carbocycles. The first kappa shape index (κ1) is 16.0. The van der Waals surface area contributed by atoms with Gasteiger partial charge in [0, 0.05) is 19.7 Å². The number of halogens is 3. The molecule has 1 unspecified atom stereocenters. The third-order valence-electron chi connectivity index (χ3n) is 3.37. The van der Waals surface area contributed by atoms with Crippen molar-refractivity contribution < 1.29 is 9.18 Å². The predicted octanol–water partition coefficient (Wildman–Crippen LogP) is 3.61. The van der Waals surface area contributed by atoms with Gasteiger partial charge in [0.1, 0.15) is 18.2 Å². The van der Waals surface area contributed by atoms with Crippen LogP contribution in [-0.4, -0.2) is 34.0 Å². The summed E-state index contributed by atoms with van der Waals surface area (Å²) in [5, 5.41) is -0.410. The van der Waals surface area contributed by atoms with Crippen molar-refractivity contribution in [1.82, 2.24) is 14.5 Å². The lowest BCUT2D eigenvalue weighted by Crippen LogP contribution is -2.30. The minimum Gasteiger partial charge on any atom is -0.344 e. The summed E-state index contributed by atoms with van der Waals surface area (Å²) in [4.78, 5) is 18.0. The molecule has 0 aliphatic rings. The zero-order chi connectivity index (χ0) is 15.7. The molecule has 2 aromatic rings. The van der Waals surface area contributed by atoms with Crippen LogP contribution in [0.4, 0.5) is 4.39 Å². The Labute approximate surface area is 132 Å². The molecule has 1 aromatic heterocycles. The van der Waals surface area contributed by atoms with Gasteiger partial charge in [0.05, 0.1) is 21.4 Å². The number of amides is 1. The van der Waals surface area contributed by atoms with Crippen molar-refractivity contribution in [3.63, 3.8) is 0 Å². The maximum atomic E-state index is 13.5. The minimum atomic E-state index is -0.542. The van der Waals surface area contributed by atoms with Crippen LogP contribution in [0.2, 0.25) is 5.02 Å². The normalized spacial score (nSPS) is 12.7. The van der Waals surface area contributed by atoms with E-state index in [9.17, 15) is 9.18 Å². The number of hydrogen-bond acceptors (Lipinski definition) is 2. The summed E-state index contributed by atoms with van der Waals surface area (Å²) in [5.41, 5.74) is 1.04. The van der Waals surface area contributed by atoms with Gasteiger partial charge < -0.3 is 9.47 Å². The summed E-state index contributed by atoms with van der Waals surface area (Å²) < 4.78 is 15.2. The third kappa shape index (κ3) is 3.14. The monoisotopic (exact) mass is 331 g/mol. The molecule has 1 amide bonds. The predicted molar refractivity (Wildman–Crippen MR) is 82.3 cm³/mol. The number of fused-ring (bicyclic) bond motifs is 1. The van der Waals surface area contributed by atoms with Gasteiger partial charge in [-0.25, -0.2) is 9.37 Å². The first-order valence-electron chi connectivity index (χ1n) is 6.58. The molecule has 7 heteroatoms. The molecule has 1 heterocycles. The second-order valence-corrected chi connectivity index (χ2v) is 5.90. The molecule has 1 atom stereocenters. The number of rotatable bonds is 4. The van der Waals surface area contributed by atoms with Crippen molar-refractivity contribution in [2.75, 3.05) is 13.6 Å². The first-order valence-corrected chi connectivity index (χ1v) is 7.39. The summed E-state index contributed by atoms with van der Waals surface area (Å²) in [6.07, 6.45) is 0. The number of carbonyl (C=O) groups is 1. The molecule has 0 fully saturated rings. The molecule has 21 heavy (non-hydrogen) atoms. The third-order valence-corrected chi connectivity index (χ3v) is 3.85. The molecular formula is C14H16Cl2FN3O. The number of carbonyl (C=O) groups excluding carboxylic acids is 1. The smallest absolute Gasteiger partial charge is 0.242 e. The summed E-state index contributed by atoms with van der Waals surface area (Å²) in [6, 6.07) is 2.73. The Balaban J connectivity index is 2.56. The summed E-state index contributed by atoms with van der Waals surface area (Å²) in [5.74, 6) is -0.0957. The van der Waals surface area contributed by atoms with Crippen LogP contribution in [0, 0.1) is 5.82 Å². The van der Waals surface area contributed by atoms with Gasteiger partial charge in [-0.05, 0) is 19.9 Å². The van der Waals surface area contributed by atoms with Crippen molar-refractivity contribution >= 4 is 40.1 Å². The van der Waals surface area contributed by atoms with Crippen molar-refractivity contribution in [3.8, 4) is 0 Å². The lowest BCUT2D eigenvalue weighted by Gasteiger charge is -2.17. The second kappa shape index (κ2) is 6.20. The standard InChI is InChI=1S/C14H16Cl2FN3O/c1-4-19(3)13(21)7-20-12-5-9(16)10(17)6-11(12)18-14(20)8(2)15/h5-6,8H,4,7H2,1-3H3. The van der Waals surface area contributed by atoms with E-state index in [-0.39, 0.29) is 17.5 Å². The van der Waals surface area contributed by atoms with Crippen LogP contribution in [0.5, 0.6) is 0 Å². The average molecular weight is 332 g/mol. The van der Waals surface area contributed by atoms with Crippen molar-refractivity contribution in [1.29, 1.82) is 0 Å². The maximum absolute atomic E-state index is 13.5. The topological polar surface area (TPSA) is 38.1 Å². The quantitative estimate of drug-likeness (QED) is 0.802. The van der Waals surface area contributed by atoms with Crippen LogP contribution < -0.4 is 0 Å². The van der Waals surface area contributed by atoms with Crippen molar-refractivity contribution in [2.45, 2.75) is 25.8 Å². The van der Waals surface area contributed by atoms with Crippen molar-refractivity contribution in [2.24, 2.45) is 0 Å². The number of imidazole rings is 1. The molecular weight excluding hydrogens is 316 g/mol. The first-order chi connectivity index (χ1) is 9.85. The van der Waals surface area contributed by atoms with Crippen LogP contribution in [0.15, 0.2) is 12.1 Å². The van der Waals surface area contributed by atoms with Gasteiger partial charge in [0.15, 0.2) is 0 Å². The highest BCUT2D eigenvalue weighted by atomic mass is 35.5. The van der Waals surface area contributed by atoms with Gasteiger partial charge in [0.2, 0.25) is 5.91 Å². The van der Waals surface area contributed by atoms with Gasteiger partial charge >= 0.3 is 0 Å². The Bertz CT molecular complexity index is 684. The number of likely N-dealkylation sites (N-methyl/N-ethyl adjacent to an activating group) is 1. The van der Waals surface area contributed by atoms with Crippen LogP contribution in [-0.2, 0) is 11.3 Å². The lowest BCUT2D eigenvalue weighted by atomic mass is 10.3. The molecule has 0 saturated heterocycles. The Morgan fingerprint density at radius 2 is 2.19 bits per heavy atom. The molecule has 4 nitrogen and oxygen atoms in total. The Morgan fingerprint density at radius 3 is 2.76 bits per heavy atom. The molecule has 0 spiro atoms. The summed E-state index contributed by atoms with van der Waals surface area (Å²) in [7, 11) is 1.72. The zero-order valence-corrected chi connectivity index (χ0v) is 13.5. The molecule has 1 aromatic carbocycles.